The summed E-state index contributed by atoms with van der Waals surface area (Å²) >= 11 is 0. The number of aromatic nitrogens is 2. The van der Waals surface area contributed by atoms with Crippen LogP contribution < -0.4 is 10.3 Å². The Morgan fingerprint density at radius 3 is 2.62 bits per heavy atom. The molecule has 0 saturated heterocycles. The third-order valence-electron chi connectivity index (χ3n) is 2.81. The lowest BCUT2D eigenvalue weighted by Gasteiger charge is -2.07. The number of hydrogen-bond donors (Lipinski definition) is 1. The second kappa shape index (κ2) is 5.88. The van der Waals surface area contributed by atoms with E-state index < -0.39 is 17.1 Å². The molecular weight excluding hydrogens is 274 g/mol. The standard InChI is InChI=1S/C14H11N3O4/c1-21-10-4-2-9(3-5-10)12-8-11(14(19)20)13(18)17(16-12)7-6-15/h2-5,8H,7H2,1H3,(H,19,20). The molecule has 0 amide bonds. The second-order valence-electron chi connectivity index (χ2n) is 4.10. The minimum absolute atomic E-state index is 0.296. The van der Waals surface area contributed by atoms with Gasteiger partial charge in [-0.2, -0.15) is 10.4 Å². The zero-order valence-electron chi connectivity index (χ0n) is 11.1. The Kier molecular flexibility index (Phi) is 4.00. The molecule has 2 aromatic rings. The fourth-order valence-corrected chi connectivity index (χ4v) is 1.77. The number of carboxylic acids is 1. The monoisotopic (exact) mass is 285 g/mol. The van der Waals surface area contributed by atoms with Crippen molar-refractivity contribution in [2.24, 2.45) is 0 Å². The number of hydrogen-bond acceptors (Lipinski definition) is 5. The van der Waals surface area contributed by atoms with Crippen LogP contribution in [0.2, 0.25) is 0 Å². The number of aromatic carboxylic acids is 1. The van der Waals surface area contributed by atoms with Gasteiger partial charge in [-0.25, -0.2) is 9.48 Å². The van der Waals surface area contributed by atoms with Gasteiger partial charge in [0.25, 0.3) is 5.56 Å². The fraction of sp³-hybridized carbons (Fsp3) is 0.143. The molecule has 1 aromatic carbocycles. The van der Waals surface area contributed by atoms with E-state index in [4.69, 9.17) is 15.1 Å². The molecule has 0 saturated carbocycles. The predicted molar refractivity (Wildman–Crippen MR) is 73.1 cm³/mol. The van der Waals surface area contributed by atoms with E-state index in [1.165, 1.54) is 13.2 Å². The lowest BCUT2D eigenvalue weighted by atomic mass is 10.1. The molecule has 0 aliphatic heterocycles. The van der Waals surface area contributed by atoms with E-state index in [2.05, 4.69) is 5.10 Å². The second-order valence-corrected chi connectivity index (χ2v) is 4.10. The van der Waals surface area contributed by atoms with Crippen molar-refractivity contribution in [1.29, 1.82) is 5.26 Å². The van der Waals surface area contributed by atoms with Gasteiger partial charge in [0.05, 0.1) is 18.9 Å². The summed E-state index contributed by atoms with van der Waals surface area (Å²) in [5, 5.41) is 21.8. The summed E-state index contributed by atoms with van der Waals surface area (Å²) in [7, 11) is 1.53. The molecule has 0 atom stereocenters. The maximum absolute atomic E-state index is 11.8. The van der Waals surface area contributed by atoms with Crippen LogP contribution in [0.3, 0.4) is 0 Å². The van der Waals surface area contributed by atoms with E-state index in [9.17, 15) is 9.59 Å². The van der Waals surface area contributed by atoms with Crippen molar-refractivity contribution in [2.45, 2.75) is 6.54 Å². The van der Waals surface area contributed by atoms with Gasteiger partial charge in [-0.15, -0.1) is 0 Å². The Hall–Kier alpha value is -3.14. The van der Waals surface area contributed by atoms with E-state index in [1.807, 2.05) is 0 Å². The van der Waals surface area contributed by atoms with Crippen molar-refractivity contribution in [1.82, 2.24) is 9.78 Å². The number of benzene rings is 1. The van der Waals surface area contributed by atoms with Crippen LogP contribution in [0.1, 0.15) is 10.4 Å². The summed E-state index contributed by atoms with van der Waals surface area (Å²) in [6.07, 6.45) is 0. The van der Waals surface area contributed by atoms with Crippen molar-refractivity contribution in [3.05, 3.63) is 46.2 Å². The summed E-state index contributed by atoms with van der Waals surface area (Å²) in [6.45, 7) is -0.316. The Labute approximate surface area is 119 Å². The van der Waals surface area contributed by atoms with Crippen LogP contribution in [-0.2, 0) is 6.54 Å². The van der Waals surface area contributed by atoms with Gasteiger partial charge in [0, 0.05) is 5.56 Å². The molecule has 0 spiro atoms. The number of nitrogens with zero attached hydrogens (tertiary/aromatic N) is 3. The zero-order chi connectivity index (χ0) is 15.4. The first-order valence-electron chi connectivity index (χ1n) is 5.93. The Balaban J connectivity index is 2.60. The minimum Gasteiger partial charge on any atom is -0.497 e. The first kappa shape index (κ1) is 14.3. The van der Waals surface area contributed by atoms with Crippen LogP contribution in [0.15, 0.2) is 35.1 Å². The largest absolute Gasteiger partial charge is 0.497 e. The van der Waals surface area contributed by atoms with Crippen molar-refractivity contribution >= 4 is 5.97 Å². The van der Waals surface area contributed by atoms with E-state index in [-0.39, 0.29) is 6.54 Å². The molecule has 2 rings (SSSR count). The highest BCUT2D eigenvalue weighted by Gasteiger charge is 2.15. The van der Waals surface area contributed by atoms with Gasteiger partial charge in [-0.05, 0) is 30.3 Å². The average molecular weight is 285 g/mol. The smallest absolute Gasteiger partial charge is 0.341 e. The third-order valence-corrected chi connectivity index (χ3v) is 2.81. The van der Waals surface area contributed by atoms with Gasteiger partial charge < -0.3 is 9.84 Å². The van der Waals surface area contributed by atoms with Crippen LogP contribution in [0.4, 0.5) is 0 Å². The molecule has 0 aliphatic carbocycles. The van der Waals surface area contributed by atoms with Crippen LogP contribution in [-0.4, -0.2) is 28.0 Å². The summed E-state index contributed by atoms with van der Waals surface area (Å²) in [5.74, 6) is -0.716. The molecule has 1 heterocycles. The van der Waals surface area contributed by atoms with Crippen LogP contribution >= 0.6 is 0 Å². The number of ether oxygens (including phenoxy) is 1. The lowest BCUT2D eigenvalue weighted by molar-refractivity contribution is 0.0694. The quantitative estimate of drug-likeness (QED) is 0.903. The van der Waals surface area contributed by atoms with Gasteiger partial charge >= 0.3 is 5.97 Å². The number of carboxylic acid groups (broad SMARTS) is 1. The van der Waals surface area contributed by atoms with Gasteiger partial charge in [-0.3, -0.25) is 4.79 Å². The maximum atomic E-state index is 11.8. The van der Waals surface area contributed by atoms with E-state index >= 15 is 0 Å². The Morgan fingerprint density at radius 2 is 2.10 bits per heavy atom. The normalized spacial score (nSPS) is 9.90. The summed E-state index contributed by atoms with van der Waals surface area (Å²) in [6, 6.07) is 9.73. The zero-order valence-corrected chi connectivity index (χ0v) is 11.1. The van der Waals surface area contributed by atoms with Gasteiger partial charge in [0.1, 0.15) is 17.9 Å². The molecular formula is C14H11N3O4. The molecule has 106 valence electrons. The fourth-order valence-electron chi connectivity index (χ4n) is 1.77. The van der Waals surface area contributed by atoms with Crippen molar-refractivity contribution < 1.29 is 14.6 Å². The molecule has 7 heteroatoms. The van der Waals surface area contributed by atoms with Crippen LogP contribution in [0.25, 0.3) is 11.3 Å². The lowest BCUT2D eigenvalue weighted by Crippen LogP contribution is -2.28. The van der Waals surface area contributed by atoms with Gasteiger partial charge in [0.15, 0.2) is 0 Å². The SMILES string of the molecule is COc1ccc(-c2cc(C(=O)O)c(=O)n(CC#N)n2)cc1. The van der Waals surface area contributed by atoms with E-state index in [0.29, 0.717) is 17.0 Å². The average Bonchev–Trinajstić information content (AvgIpc) is 2.49. The minimum atomic E-state index is -1.36. The molecule has 1 aromatic heterocycles. The first-order valence-corrected chi connectivity index (χ1v) is 5.93. The van der Waals surface area contributed by atoms with E-state index in [0.717, 1.165) is 4.68 Å². The highest BCUT2D eigenvalue weighted by molar-refractivity contribution is 5.88. The third kappa shape index (κ3) is 2.90. The number of nitriles is 1. The van der Waals surface area contributed by atoms with Crippen LogP contribution in [0, 0.1) is 11.3 Å². The maximum Gasteiger partial charge on any atom is 0.341 e. The molecule has 0 unspecified atom stereocenters. The summed E-state index contributed by atoms with van der Waals surface area (Å²) in [4.78, 5) is 23.0. The highest BCUT2D eigenvalue weighted by Crippen LogP contribution is 2.20. The molecule has 1 N–H and O–H groups in total. The van der Waals surface area contributed by atoms with Crippen LogP contribution in [0.5, 0.6) is 5.75 Å². The van der Waals surface area contributed by atoms with E-state index in [1.54, 1.807) is 30.3 Å². The highest BCUT2D eigenvalue weighted by atomic mass is 16.5. The summed E-state index contributed by atoms with van der Waals surface area (Å²) in [5.41, 5.74) is -0.317. The number of carbonyl (C=O) groups is 1. The Morgan fingerprint density at radius 1 is 1.43 bits per heavy atom. The molecule has 7 nitrogen and oxygen atoms in total. The molecule has 21 heavy (non-hydrogen) atoms. The molecule has 0 bridgehead atoms. The first-order chi connectivity index (χ1) is 10.1. The summed E-state index contributed by atoms with van der Waals surface area (Å²) < 4.78 is 5.87. The molecule has 0 aliphatic rings. The number of methoxy groups -OCH3 is 1. The van der Waals surface area contributed by atoms with Gasteiger partial charge in [0.2, 0.25) is 0 Å². The predicted octanol–water partition coefficient (Wildman–Crippen LogP) is 1.14. The van der Waals surface area contributed by atoms with Gasteiger partial charge in [-0.1, -0.05) is 0 Å². The topological polar surface area (TPSA) is 105 Å². The van der Waals surface area contributed by atoms with Crippen molar-refractivity contribution in [3.63, 3.8) is 0 Å². The number of rotatable bonds is 4. The molecule has 0 radical (unpaired) electrons. The molecule has 0 fully saturated rings. The van der Waals surface area contributed by atoms with Crippen molar-refractivity contribution in [2.75, 3.05) is 7.11 Å². The Bertz CT molecular complexity index is 772. The van der Waals surface area contributed by atoms with Crippen molar-refractivity contribution in [3.8, 4) is 23.1 Å².